The van der Waals surface area contributed by atoms with Crippen LogP contribution in [0, 0.1) is 0 Å². The van der Waals surface area contributed by atoms with Gasteiger partial charge in [-0.05, 0) is 32.7 Å². The summed E-state index contributed by atoms with van der Waals surface area (Å²) in [4.78, 5) is 13.4. The maximum absolute atomic E-state index is 12.0. The van der Waals surface area contributed by atoms with Gasteiger partial charge in [-0.15, -0.1) is 0 Å². The fraction of sp³-hybridized carbons (Fsp3) is 0.933. The molecule has 0 aliphatic heterocycles. The predicted molar refractivity (Wildman–Crippen MR) is 82.1 cm³/mol. The minimum Gasteiger partial charge on any atom is -0.481 e. The lowest BCUT2D eigenvalue weighted by atomic mass is 9.77. The highest BCUT2D eigenvalue weighted by atomic mass is 32.2. The zero-order valence-corrected chi connectivity index (χ0v) is 13.9. The number of hydrogen-bond acceptors (Lipinski definition) is 4. The van der Waals surface area contributed by atoms with E-state index in [9.17, 15) is 18.3 Å². The minimum atomic E-state index is -3.08. The quantitative estimate of drug-likeness (QED) is 0.840. The lowest BCUT2D eigenvalue weighted by Gasteiger charge is -2.48. The maximum atomic E-state index is 12.0. The minimum absolute atomic E-state index is 0.0301. The van der Waals surface area contributed by atoms with Crippen molar-refractivity contribution in [3.05, 3.63) is 0 Å². The maximum Gasteiger partial charge on any atom is 0.305 e. The van der Waals surface area contributed by atoms with Crippen LogP contribution in [0.5, 0.6) is 0 Å². The number of hydrogen-bond donors (Lipinski definition) is 1. The molecule has 0 aromatic rings. The molecular formula is C15H27NO4S. The second-order valence-corrected chi connectivity index (χ2v) is 9.10. The molecule has 0 bridgehead atoms. The molecule has 0 spiro atoms. The molecule has 2 rings (SSSR count). The Morgan fingerprint density at radius 1 is 1.19 bits per heavy atom. The van der Waals surface area contributed by atoms with E-state index in [-0.39, 0.29) is 23.3 Å². The van der Waals surface area contributed by atoms with Crippen molar-refractivity contribution in [2.75, 3.05) is 13.3 Å². The first-order valence-corrected chi connectivity index (χ1v) is 9.85. The zero-order valence-electron chi connectivity index (χ0n) is 13.0. The molecule has 1 N–H and O–H groups in total. The highest BCUT2D eigenvalue weighted by molar-refractivity contribution is 7.91. The normalized spacial score (nSPS) is 29.7. The standard InChI is InChI=1S/C15H27NO4S/c1-16(12-7-6-8-13(12)21(2,19)20)15(11-14(17)18)9-4-3-5-10-15/h12-13H,3-11H2,1-2H3,(H,17,18). The van der Waals surface area contributed by atoms with Gasteiger partial charge in [-0.25, -0.2) is 8.42 Å². The molecule has 2 fully saturated rings. The first-order valence-electron chi connectivity index (χ1n) is 7.90. The van der Waals surface area contributed by atoms with Crippen LogP contribution in [-0.2, 0) is 14.6 Å². The summed E-state index contributed by atoms with van der Waals surface area (Å²) in [6.45, 7) is 0. The van der Waals surface area contributed by atoms with Gasteiger partial charge in [0.25, 0.3) is 0 Å². The molecule has 2 aliphatic carbocycles. The average Bonchev–Trinajstić information content (AvgIpc) is 2.87. The number of rotatable bonds is 5. The van der Waals surface area contributed by atoms with Gasteiger partial charge in [-0.1, -0.05) is 25.7 Å². The van der Waals surface area contributed by atoms with Crippen molar-refractivity contribution in [2.45, 2.75) is 74.6 Å². The Morgan fingerprint density at radius 3 is 2.33 bits per heavy atom. The van der Waals surface area contributed by atoms with E-state index >= 15 is 0 Å². The summed E-state index contributed by atoms with van der Waals surface area (Å²) >= 11 is 0. The Hall–Kier alpha value is -0.620. The SMILES string of the molecule is CN(C1CCCC1S(C)(=O)=O)C1(CC(=O)O)CCCCC1. The third-order valence-corrected chi connectivity index (χ3v) is 7.13. The average molecular weight is 317 g/mol. The second kappa shape index (κ2) is 6.24. The van der Waals surface area contributed by atoms with Crippen molar-refractivity contribution in [2.24, 2.45) is 0 Å². The predicted octanol–water partition coefficient (Wildman–Crippen LogP) is 2.06. The van der Waals surface area contributed by atoms with E-state index in [0.29, 0.717) is 6.42 Å². The molecule has 2 aliphatic rings. The molecule has 0 saturated heterocycles. The summed E-state index contributed by atoms with van der Waals surface area (Å²) in [5, 5.41) is 8.97. The van der Waals surface area contributed by atoms with Gasteiger partial charge in [0.15, 0.2) is 9.84 Å². The molecule has 2 atom stereocenters. The summed E-state index contributed by atoms with van der Waals surface area (Å²) in [7, 11) is -1.13. The third kappa shape index (κ3) is 3.59. The summed E-state index contributed by atoms with van der Waals surface area (Å²) < 4.78 is 24.0. The highest BCUT2D eigenvalue weighted by Gasteiger charge is 2.46. The number of nitrogens with zero attached hydrogens (tertiary/aromatic N) is 1. The van der Waals surface area contributed by atoms with Crippen molar-refractivity contribution >= 4 is 15.8 Å². The van der Waals surface area contributed by atoms with Crippen LogP contribution in [0.25, 0.3) is 0 Å². The number of carboxylic acids is 1. The van der Waals surface area contributed by atoms with Gasteiger partial charge in [0.2, 0.25) is 0 Å². The summed E-state index contributed by atoms with van der Waals surface area (Å²) in [5.74, 6) is -0.780. The van der Waals surface area contributed by atoms with Crippen molar-refractivity contribution < 1.29 is 18.3 Å². The molecule has 0 aromatic carbocycles. The van der Waals surface area contributed by atoms with Gasteiger partial charge < -0.3 is 5.11 Å². The van der Waals surface area contributed by atoms with Crippen LogP contribution in [0.2, 0.25) is 0 Å². The van der Waals surface area contributed by atoms with Crippen molar-refractivity contribution in [1.82, 2.24) is 4.90 Å². The number of aliphatic carboxylic acids is 1. The van der Waals surface area contributed by atoms with E-state index in [1.165, 1.54) is 6.26 Å². The van der Waals surface area contributed by atoms with Crippen LogP contribution >= 0.6 is 0 Å². The van der Waals surface area contributed by atoms with Gasteiger partial charge in [0.05, 0.1) is 11.7 Å². The second-order valence-electron chi connectivity index (χ2n) is 6.83. The van der Waals surface area contributed by atoms with E-state index in [1.807, 2.05) is 7.05 Å². The van der Waals surface area contributed by atoms with E-state index < -0.39 is 15.8 Å². The molecule has 2 unspecified atom stereocenters. The summed E-state index contributed by atoms with van der Waals surface area (Å²) in [6, 6.07) is -0.0301. The molecular weight excluding hydrogens is 290 g/mol. The van der Waals surface area contributed by atoms with Gasteiger partial charge >= 0.3 is 5.97 Å². The Labute approximate surface area is 127 Å². The first kappa shape index (κ1) is 16.7. The van der Waals surface area contributed by atoms with Crippen LogP contribution in [0.4, 0.5) is 0 Å². The van der Waals surface area contributed by atoms with E-state index in [0.717, 1.165) is 44.9 Å². The van der Waals surface area contributed by atoms with E-state index in [2.05, 4.69) is 4.90 Å². The van der Waals surface area contributed by atoms with E-state index in [4.69, 9.17) is 0 Å². The van der Waals surface area contributed by atoms with Gasteiger partial charge in [0.1, 0.15) is 0 Å². The van der Waals surface area contributed by atoms with Crippen molar-refractivity contribution in [3.8, 4) is 0 Å². The van der Waals surface area contributed by atoms with Crippen LogP contribution in [-0.4, -0.2) is 54.5 Å². The third-order valence-electron chi connectivity index (χ3n) is 5.48. The van der Waals surface area contributed by atoms with Crippen LogP contribution in [0.1, 0.15) is 57.8 Å². The zero-order chi connectivity index (χ0) is 15.7. The fourth-order valence-corrected chi connectivity index (χ4v) is 5.83. The number of sulfone groups is 1. The van der Waals surface area contributed by atoms with Crippen LogP contribution in [0.15, 0.2) is 0 Å². The molecule has 5 nitrogen and oxygen atoms in total. The molecule has 0 heterocycles. The molecule has 0 radical (unpaired) electrons. The Balaban J connectivity index is 2.25. The number of carboxylic acid groups (broad SMARTS) is 1. The fourth-order valence-electron chi connectivity index (χ4n) is 4.35. The Bertz CT molecular complexity index is 482. The van der Waals surface area contributed by atoms with Gasteiger partial charge in [-0.3, -0.25) is 9.69 Å². The summed E-state index contributed by atoms with van der Waals surface area (Å²) in [5.41, 5.74) is -0.359. The van der Waals surface area contributed by atoms with Crippen LogP contribution in [0.3, 0.4) is 0 Å². The molecule has 2 saturated carbocycles. The molecule has 0 amide bonds. The van der Waals surface area contributed by atoms with E-state index in [1.54, 1.807) is 0 Å². The van der Waals surface area contributed by atoms with Crippen molar-refractivity contribution in [3.63, 3.8) is 0 Å². The smallest absolute Gasteiger partial charge is 0.305 e. The largest absolute Gasteiger partial charge is 0.481 e. The topological polar surface area (TPSA) is 74.7 Å². The monoisotopic (exact) mass is 317 g/mol. The first-order chi connectivity index (χ1) is 9.76. The molecule has 0 aromatic heterocycles. The lowest BCUT2D eigenvalue weighted by molar-refractivity contribution is -0.141. The van der Waals surface area contributed by atoms with Crippen LogP contribution < -0.4 is 0 Å². The molecule has 6 heteroatoms. The highest BCUT2D eigenvalue weighted by Crippen LogP contribution is 2.41. The molecule has 21 heavy (non-hydrogen) atoms. The number of carbonyl (C=O) groups is 1. The Kier molecular flexibility index (Phi) is 4.98. The van der Waals surface area contributed by atoms with Crippen molar-refractivity contribution in [1.29, 1.82) is 0 Å². The molecule has 122 valence electrons. The Morgan fingerprint density at radius 2 is 1.81 bits per heavy atom. The van der Waals surface area contributed by atoms with Gasteiger partial charge in [0, 0.05) is 17.8 Å². The summed E-state index contributed by atoms with van der Waals surface area (Å²) in [6.07, 6.45) is 8.86. The van der Waals surface area contributed by atoms with Gasteiger partial charge in [-0.2, -0.15) is 0 Å². The lowest BCUT2D eigenvalue weighted by Crippen LogP contribution is -2.56.